The molecule has 94 valence electrons. The number of rotatable bonds is 4. The van der Waals surface area contributed by atoms with E-state index in [-0.39, 0.29) is 5.82 Å². The first-order valence-electron chi connectivity index (χ1n) is 6.34. The number of halogens is 1. The average Bonchev–Trinajstić information content (AvgIpc) is 2.79. The molecule has 17 heavy (non-hydrogen) atoms. The van der Waals surface area contributed by atoms with Crippen LogP contribution in [0, 0.1) is 11.7 Å². The summed E-state index contributed by atoms with van der Waals surface area (Å²) in [7, 11) is 0. The van der Waals surface area contributed by atoms with Crippen LogP contribution < -0.4 is 9.64 Å². The molecule has 0 bridgehead atoms. The fourth-order valence-electron chi connectivity index (χ4n) is 2.12. The van der Waals surface area contributed by atoms with Crippen molar-refractivity contribution in [1.29, 1.82) is 0 Å². The molecule has 0 amide bonds. The van der Waals surface area contributed by atoms with Crippen LogP contribution in [0.4, 0.5) is 10.1 Å². The molecule has 2 rings (SSSR count). The Bertz CT molecular complexity index is 372. The monoisotopic (exact) mass is 237 g/mol. The minimum absolute atomic E-state index is 0.173. The van der Waals surface area contributed by atoms with Crippen LogP contribution in [0.25, 0.3) is 0 Å². The first-order valence-corrected chi connectivity index (χ1v) is 6.34. The first kappa shape index (κ1) is 12.2. The van der Waals surface area contributed by atoms with Crippen molar-refractivity contribution in [3.05, 3.63) is 24.0 Å². The molecule has 1 aromatic carbocycles. The van der Waals surface area contributed by atoms with Crippen molar-refractivity contribution in [3.63, 3.8) is 0 Å². The Morgan fingerprint density at radius 1 is 1.29 bits per heavy atom. The van der Waals surface area contributed by atoms with Crippen molar-refractivity contribution in [3.8, 4) is 5.75 Å². The van der Waals surface area contributed by atoms with Gasteiger partial charge in [0.05, 0.1) is 6.61 Å². The van der Waals surface area contributed by atoms with Gasteiger partial charge in [-0.2, -0.15) is 0 Å². The van der Waals surface area contributed by atoms with Crippen LogP contribution in [0.5, 0.6) is 5.75 Å². The molecular weight excluding hydrogens is 217 g/mol. The summed E-state index contributed by atoms with van der Waals surface area (Å²) >= 11 is 0. The molecule has 1 aliphatic heterocycles. The molecule has 0 aliphatic carbocycles. The number of hydrogen-bond donors (Lipinski definition) is 0. The summed E-state index contributed by atoms with van der Waals surface area (Å²) in [6, 6.07) is 5.08. The van der Waals surface area contributed by atoms with Gasteiger partial charge in [0, 0.05) is 13.1 Å². The maximum absolute atomic E-state index is 13.9. The summed E-state index contributed by atoms with van der Waals surface area (Å²) < 4.78 is 19.6. The van der Waals surface area contributed by atoms with Crippen molar-refractivity contribution in [2.75, 3.05) is 24.6 Å². The summed E-state index contributed by atoms with van der Waals surface area (Å²) in [4.78, 5) is 2.09. The Labute approximate surface area is 102 Å². The summed E-state index contributed by atoms with van der Waals surface area (Å²) in [6.45, 7) is 6.67. The lowest BCUT2D eigenvalue weighted by Crippen LogP contribution is -2.20. The average molecular weight is 237 g/mol. The molecule has 0 N–H and O–H groups in total. The molecule has 0 radical (unpaired) electrons. The zero-order chi connectivity index (χ0) is 12.3. The van der Waals surface area contributed by atoms with Crippen LogP contribution >= 0.6 is 0 Å². The van der Waals surface area contributed by atoms with Crippen LogP contribution in [-0.4, -0.2) is 19.7 Å². The van der Waals surface area contributed by atoms with Gasteiger partial charge in [-0.3, -0.25) is 0 Å². The number of hydrogen-bond acceptors (Lipinski definition) is 2. The Balaban J connectivity index is 2.21. The van der Waals surface area contributed by atoms with E-state index in [9.17, 15) is 4.39 Å². The van der Waals surface area contributed by atoms with Gasteiger partial charge >= 0.3 is 0 Å². The fraction of sp³-hybridized carbons (Fsp3) is 0.571. The van der Waals surface area contributed by atoms with Crippen molar-refractivity contribution in [2.24, 2.45) is 5.92 Å². The minimum atomic E-state index is -0.173. The van der Waals surface area contributed by atoms with Gasteiger partial charge in [0.15, 0.2) is 0 Å². The third kappa shape index (κ3) is 2.90. The SMILES string of the molecule is CC(C)COc1cccc(F)c1N1CCCC1. The number of anilines is 1. The van der Waals surface area contributed by atoms with E-state index in [0.29, 0.717) is 24.0 Å². The smallest absolute Gasteiger partial charge is 0.150 e. The van der Waals surface area contributed by atoms with Crippen LogP contribution in [0.2, 0.25) is 0 Å². The van der Waals surface area contributed by atoms with E-state index >= 15 is 0 Å². The van der Waals surface area contributed by atoms with E-state index in [1.165, 1.54) is 6.07 Å². The normalized spacial score (nSPS) is 15.6. The maximum Gasteiger partial charge on any atom is 0.150 e. The number of nitrogens with zero attached hydrogens (tertiary/aromatic N) is 1. The minimum Gasteiger partial charge on any atom is -0.491 e. The summed E-state index contributed by atoms with van der Waals surface area (Å²) in [5.41, 5.74) is 0.644. The van der Waals surface area contributed by atoms with E-state index in [1.807, 2.05) is 6.07 Å². The van der Waals surface area contributed by atoms with E-state index < -0.39 is 0 Å². The Morgan fingerprint density at radius 3 is 2.65 bits per heavy atom. The Kier molecular flexibility index (Phi) is 3.87. The van der Waals surface area contributed by atoms with Gasteiger partial charge in [-0.1, -0.05) is 19.9 Å². The molecular formula is C14H20FNO. The largest absolute Gasteiger partial charge is 0.491 e. The van der Waals surface area contributed by atoms with Crippen LogP contribution in [0.1, 0.15) is 26.7 Å². The summed E-state index contributed by atoms with van der Waals surface area (Å²) in [5, 5.41) is 0. The standard InChI is InChI=1S/C14H20FNO/c1-11(2)10-17-13-7-5-6-12(15)14(13)16-8-3-4-9-16/h5-7,11H,3-4,8-10H2,1-2H3. The van der Waals surface area contributed by atoms with E-state index in [2.05, 4.69) is 18.7 Å². The second kappa shape index (κ2) is 5.39. The highest BCUT2D eigenvalue weighted by Gasteiger charge is 2.20. The van der Waals surface area contributed by atoms with Gasteiger partial charge in [-0.05, 0) is 30.9 Å². The third-order valence-corrected chi connectivity index (χ3v) is 2.94. The van der Waals surface area contributed by atoms with E-state index in [1.54, 1.807) is 6.07 Å². The molecule has 2 nitrogen and oxygen atoms in total. The van der Waals surface area contributed by atoms with Gasteiger partial charge < -0.3 is 9.64 Å². The quantitative estimate of drug-likeness (QED) is 0.795. The fourth-order valence-corrected chi connectivity index (χ4v) is 2.12. The topological polar surface area (TPSA) is 12.5 Å². The lowest BCUT2D eigenvalue weighted by Gasteiger charge is -2.22. The zero-order valence-electron chi connectivity index (χ0n) is 10.6. The molecule has 1 aromatic rings. The molecule has 0 unspecified atom stereocenters. The molecule has 1 fully saturated rings. The number of para-hydroxylation sites is 1. The maximum atomic E-state index is 13.9. The second-order valence-corrected chi connectivity index (χ2v) is 4.99. The first-order chi connectivity index (χ1) is 8.18. The zero-order valence-corrected chi connectivity index (χ0v) is 10.6. The summed E-state index contributed by atoms with van der Waals surface area (Å²) in [5.74, 6) is 0.957. The highest BCUT2D eigenvalue weighted by Crippen LogP contribution is 2.33. The van der Waals surface area contributed by atoms with Crippen molar-refractivity contribution < 1.29 is 9.13 Å². The second-order valence-electron chi connectivity index (χ2n) is 4.99. The highest BCUT2D eigenvalue weighted by molar-refractivity contribution is 5.60. The van der Waals surface area contributed by atoms with Crippen LogP contribution in [-0.2, 0) is 0 Å². The molecule has 0 saturated carbocycles. The van der Waals surface area contributed by atoms with Gasteiger partial charge in [0.25, 0.3) is 0 Å². The van der Waals surface area contributed by atoms with Crippen LogP contribution in [0.15, 0.2) is 18.2 Å². The Morgan fingerprint density at radius 2 is 2.00 bits per heavy atom. The number of ether oxygens (including phenoxy) is 1. The predicted molar refractivity (Wildman–Crippen MR) is 68.2 cm³/mol. The molecule has 1 aliphatic rings. The van der Waals surface area contributed by atoms with Gasteiger partial charge in [-0.25, -0.2) is 4.39 Å². The Hall–Kier alpha value is -1.25. The summed E-state index contributed by atoms with van der Waals surface area (Å²) in [6.07, 6.45) is 2.27. The van der Waals surface area contributed by atoms with Gasteiger partial charge in [0.2, 0.25) is 0 Å². The van der Waals surface area contributed by atoms with Crippen molar-refractivity contribution in [2.45, 2.75) is 26.7 Å². The predicted octanol–water partition coefficient (Wildman–Crippen LogP) is 3.46. The van der Waals surface area contributed by atoms with Gasteiger partial charge in [0.1, 0.15) is 17.3 Å². The highest BCUT2D eigenvalue weighted by atomic mass is 19.1. The van der Waals surface area contributed by atoms with E-state index in [4.69, 9.17) is 4.74 Å². The molecule has 3 heteroatoms. The number of benzene rings is 1. The molecule has 0 aromatic heterocycles. The third-order valence-electron chi connectivity index (χ3n) is 2.94. The van der Waals surface area contributed by atoms with E-state index in [0.717, 1.165) is 25.9 Å². The molecule has 0 spiro atoms. The lowest BCUT2D eigenvalue weighted by atomic mass is 10.2. The van der Waals surface area contributed by atoms with Crippen molar-refractivity contribution in [1.82, 2.24) is 0 Å². The molecule has 1 saturated heterocycles. The lowest BCUT2D eigenvalue weighted by molar-refractivity contribution is 0.270. The molecule has 1 heterocycles. The molecule has 0 atom stereocenters. The van der Waals surface area contributed by atoms with Crippen molar-refractivity contribution >= 4 is 5.69 Å². The van der Waals surface area contributed by atoms with Crippen LogP contribution in [0.3, 0.4) is 0 Å². The van der Waals surface area contributed by atoms with Gasteiger partial charge in [-0.15, -0.1) is 0 Å².